The van der Waals surface area contributed by atoms with E-state index in [-0.39, 0.29) is 23.5 Å². The van der Waals surface area contributed by atoms with Crippen molar-refractivity contribution >= 4 is 11.6 Å². The molecule has 0 saturated carbocycles. The average Bonchev–Trinajstić information content (AvgIpc) is 3.48. The first-order valence-electron chi connectivity index (χ1n) is 13.5. The minimum Gasteiger partial charge on any atom is -0.508 e. The Hall–Kier alpha value is -3.54. The number of fused-ring (bicyclic) bond motifs is 1. The highest BCUT2D eigenvalue weighted by Crippen LogP contribution is 2.49. The number of aromatic hydroxyl groups is 1. The zero-order valence-electron chi connectivity index (χ0n) is 21.6. The van der Waals surface area contributed by atoms with E-state index >= 15 is 0 Å². The van der Waals surface area contributed by atoms with Gasteiger partial charge in [0.1, 0.15) is 11.6 Å². The Morgan fingerprint density at radius 2 is 2.05 bits per heavy atom. The maximum absolute atomic E-state index is 13.5. The molecule has 2 aliphatic carbocycles. The van der Waals surface area contributed by atoms with Crippen molar-refractivity contribution in [2.24, 2.45) is 11.8 Å². The first-order valence-corrected chi connectivity index (χ1v) is 13.5. The van der Waals surface area contributed by atoms with Crippen LogP contribution in [0.3, 0.4) is 0 Å². The fourth-order valence-electron chi connectivity index (χ4n) is 6.17. The number of hydrazine groups is 1. The van der Waals surface area contributed by atoms with Crippen LogP contribution >= 0.6 is 0 Å². The van der Waals surface area contributed by atoms with Crippen LogP contribution in [0.2, 0.25) is 0 Å². The molecular weight excluding hydrogens is 465 g/mol. The topological polar surface area (TPSA) is 64.6 Å². The largest absolute Gasteiger partial charge is 0.508 e. The Morgan fingerprint density at radius 3 is 2.81 bits per heavy atom. The highest BCUT2D eigenvalue weighted by Gasteiger charge is 2.38. The monoisotopic (exact) mass is 501 g/mol. The molecule has 0 radical (unpaired) electrons. The number of amides is 1. The van der Waals surface area contributed by atoms with Crippen molar-refractivity contribution in [3.63, 3.8) is 0 Å². The van der Waals surface area contributed by atoms with Crippen LogP contribution in [0.25, 0.3) is 0 Å². The molecule has 2 aromatic carbocycles. The van der Waals surface area contributed by atoms with Gasteiger partial charge >= 0.3 is 0 Å². The lowest BCUT2D eigenvalue weighted by molar-refractivity contribution is -0.121. The summed E-state index contributed by atoms with van der Waals surface area (Å²) in [6, 6.07) is 13.9. The van der Waals surface area contributed by atoms with Gasteiger partial charge in [-0.05, 0) is 91.6 Å². The van der Waals surface area contributed by atoms with Crippen molar-refractivity contribution < 1.29 is 14.3 Å². The Bertz CT molecular complexity index is 1250. The Kier molecular flexibility index (Phi) is 7.36. The number of allylic oxidation sites excluding steroid dienone is 4. The molecule has 0 aromatic heterocycles. The van der Waals surface area contributed by atoms with Crippen molar-refractivity contribution in [3.05, 3.63) is 94.6 Å². The van der Waals surface area contributed by atoms with Gasteiger partial charge in [-0.2, -0.15) is 0 Å². The lowest BCUT2D eigenvalue weighted by atomic mass is 9.78. The van der Waals surface area contributed by atoms with E-state index < -0.39 is 0 Å². The molecule has 5 rings (SSSR count). The summed E-state index contributed by atoms with van der Waals surface area (Å²) in [5.41, 5.74) is 10.6. The van der Waals surface area contributed by atoms with E-state index in [1.165, 1.54) is 28.9 Å². The summed E-state index contributed by atoms with van der Waals surface area (Å²) in [6.45, 7) is 4.45. The number of hydrogen-bond donors (Lipinski definition) is 3. The van der Waals surface area contributed by atoms with Crippen LogP contribution in [0, 0.1) is 17.7 Å². The van der Waals surface area contributed by atoms with Gasteiger partial charge in [-0.1, -0.05) is 38.0 Å². The summed E-state index contributed by atoms with van der Waals surface area (Å²) in [6.07, 6.45) is 10.5. The van der Waals surface area contributed by atoms with Crippen molar-refractivity contribution in [2.45, 2.75) is 64.8 Å². The molecule has 1 aliphatic heterocycles. The number of nitrogens with one attached hydrogen (secondary N) is 2. The summed E-state index contributed by atoms with van der Waals surface area (Å²) in [5.74, 6) is 0.819. The molecule has 194 valence electrons. The van der Waals surface area contributed by atoms with Gasteiger partial charge < -0.3 is 15.8 Å². The number of rotatable bonds is 9. The first kappa shape index (κ1) is 25.1. The number of hydrogen-bond acceptors (Lipinski definition) is 4. The van der Waals surface area contributed by atoms with Gasteiger partial charge in [-0.15, -0.1) is 0 Å². The van der Waals surface area contributed by atoms with Crippen LogP contribution in [-0.2, 0) is 11.2 Å². The lowest BCUT2D eigenvalue weighted by Gasteiger charge is -2.31. The standard InChI is InChI=1S/C31H36FN3O2/c1-3-5-25(34-30(37)15-8-21-6-4-7-27(36)16-21)17-22-9-10-23-18-29-28(20(2)31(22)23)19-33-35(29)26-13-11-24(32)12-14-26/h4,6-7,11-14,16,18-20,22,25,33,36H,3,5,8-10,15,17H2,1-2H3,(H,34,37)/t20-,22+,25?/m0/s1. The quantitative estimate of drug-likeness (QED) is 0.378. The number of carbonyl (C=O) groups is 1. The second-order valence-electron chi connectivity index (χ2n) is 10.5. The van der Waals surface area contributed by atoms with Gasteiger partial charge in [0.15, 0.2) is 0 Å². The minimum absolute atomic E-state index is 0.0745. The van der Waals surface area contributed by atoms with Gasteiger partial charge in [-0.25, -0.2) is 4.39 Å². The average molecular weight is 502 g/mol. The molecule has 2 aromatic rings. The van der Waals surface area contributed by atoms with E-state index in [9.17, 15) is 14.3 Å². The molecule has 5 nitrogen and oxygen atoms in total. The zero-order valence-corrected chi connectivity index (χ0v) is 21.6. The molecule has 1 amide bonds. The van der Waals surface area contributed by atoms with Crippen LogP contribution < -0.4 is 15.8 Å². The van der Waals surface area contributed by atoms with Crippen LogP contribution in [0.5, 0.6) is 5.75 Å². The third-order valence-corrected chi connectivity index (χ3v) is 7.91. The maximum atomic E-state index is 13.5. The second kappa shape index (κ2) is 10.8. The number of phenols is 1. The number of aryl methyl sites for hydroxylation is 1. The number of phenolic OH excluding ortho intramolecular Hbond substituents is 1. The van der Waals surface area contributed by atoms with Crippen molar-refractivity contribution in [1.29, 1.82) is 0 Å². The predicted molar refractivity (Wildman–Crippen MR) is 145 cm³/mol. The van der Waals surface area contributed by atoms with Gasteiger partial charge in [0.05, 0.1) is 11.4 Å². The number of halogens is 1. The Balaban J connectivity index is 1.26. The molecule has 6 heteroatoms. The second-order valence-corrected chi connectivity index (χ2v) is 10.5. The normalized spacial score (nSPS) is 21.1. The zero-order chi connectivity index (χ0) is 25.9. The van der Waals surface area contributed by atoms with Crippen LogP contribution in [0.4, 0.5) is 10.1 Å². The molecule has 3 N–H and O–H groups in total. The molecule has 1 unspecified atom stereocenters. The minimum atomic E-state index is -0.237. The third kappa shape index (κ3) is 5.43. The molecule has 3 aliphatic rings. The summed E-state index contributed by atoms with van der Waals surface area (Å²) in [5, 5.41) is 15.0. The van der Waals surface area contributed by atoms with Gasteiger partial charge in [-0.3, -0.25) is 9.80 Å². The van der Waals surface area contributed by atoms with E-state index in [0.29, 0.717) is 24.7 Å². The number of benzene rings is 2. The van der Waals surface area contributed by atoms with Gasteiger partial charge in [0, 0.05) is 30.2 Å². The fraction of sp³-hybridized carbons (Fsp3) is 0.387. The molecule has 37 heavy (non-hydrogen) atoms. The van der Waals surface area contributed by atoms with E-state index in [0.717, 1.165) is 49.1 Å². The smallest absolute Gasteiger partial charge is 0.220 e. The number of carbonyl (C=O) groups excluding carboxylic acids is 1. The number of anilines is 1. The number of nitrogens with zero attached hydrogens (tertiary/aromatic N) is 1. The summed E-state index contributed by atoms with van der Waals surface area (Å²) in [7, 11) is 0. The van der Waals surface area contributed by atoms with E-state index in [1.807, 2.05) is 17.1 Å². The molecule has 0 bridgehead atoms. The maximum Gasteiger partial charge on any atom is 0.220 e. The Labute approximate surface area is 218 Å². The highest BCUT2D eigenvalue weighted by molar-refractivity contribution is 5.76. The molecule has 0 saturated heterocycles. The van der Waals surface area contributed by atoms with Crippen LogP contribution in [0.15, 0.2) is 83.2 Å². The molecule has 0 spiro atoms. The summed E-state index contributed by atoms with van der Waals surface area (Å²) in [4.78, 5) is 12.8. The van der Waals surface area contributed by atoms with Crippen molar-refractivity contribution in [3.8, 4) is 5.75 Å². The lowest BCUT2D eigenvalue weighted by Crippen LogP contribution is -2.37. The van der Waals surface area contributed by atoms with E-state index in [2.05, 4.69) is 36.9 Å². The summed E-state index contributed by atoms with van der Waals surface area (Å²) < 4.78 is 13.5. The SMILES string of the molecule is CCCC(C[C@H]1CCC2=C1[C@@H](C)C1=CNN(c3ccc(F)cc3)C1=C2)NC(=O)CCc1cccc(O)c1. The Morgan fingerprint density at radius 1 is 1.24 bits per heavy atom. The third-order valence-electron chi connectivity index (χ3n) is 7.91. The summed E-state index contributed by atoms with van der Waals surface area (Å²) >= 11 is 0. The molecule has 0 fully saturated rings. The molecular formula is C31H36FN3O2. The van der Waals surface area contributed by atoms with Gasteiger partial charge in [0.2, 0.25) is 5.91 Å². The molecule has 1 heterocycles. The molecule has 3 atom stereocenters. The van der Waals surface area contributed by atoms with Crippen LogP contribution in [0.1, 0.15) is 57.9 Å². The van der Waals surface area contributed by atoms with E-state index in [1.54, 1.807) is 24.3 Å². The van der Waals surface area contributed by atoms with Gasteiger partial charge in [0.25, 0.3) is 0 Å². The van der Waals surface area contributed by atoms with Crippen LogP contribution in [-0.4, -0.2) is 17.1 Å². The first-order chi connectivity index (χ1) is 17.9. The predicted octanol–water partition coefficient (Wildman–Crippen LogP) is 6.29. The highest BCUT2D eigenvalue weighted by atomic mass is 19.1. The van der Waals surface area contributed by atoms with E-state index in [4.69, 9.17) is 0 Å². The van der Waals surface area contributed by atoms with Crippen molar-refractivity contribution in [2.75, 3.05) is 5.01 Å². The fourth-order valence-corrected chi connectivity index (χ4v) is 6.17. The van der Waals surface area contributed by atoms with Crippen molar-refractivity contribution in [1.82, 2.24) is 10.7 Å².